The summed E-state index contributed by atoms with van der Waals surface area (Å²) in [6.45, 7) is 0. The van der Waals surface area contributed by atoms with Gasteiger partial charge in [-0.3, -0.25) is 0 Å². The van der Waals surface area contributed by atoms with Crippen molar-refractivity contribution in [3.05, 3.63) is 30.1 Å². The number of hydrogen-bond donors (Lipinski definition) is 0. The highest BCUT2D eigenvalue weighted by Gasteiger charge is 2.04. The number of ether oxygens (including phenoxy) is 1. The number of carbonyl (C=O) groups is 1. The van der Waals surface area contributed by atoms with Crippen LogP contribution in [0.2, 0.25) is 0 Å². The summed E-state index contributed by atoms with van der Waals surface area (Å²) in [5, 5.41) is 0. The summed E-state index contributed by atoms with van der Waals surface area (Å²) in [7, 11) is 0. The molecule has 0 unspecified atom stereocenters. The van der Waals surface area contributed by atoms with Crippen molar-refractivity contribution in [2.45, 2.75) is 0 Å². The van der Waals surface area contributed by atoms with Crippen molar-refractivity contribution in [1.82, 2.24) is 4.98 Å². The van der Waals surface area contributed by atoms with Gasteiger partial charge in [0.1, 0.15) is 11.8 Å². The maximum atomic E-state index is 10.8. The van der Waals surface area contributed by atoms with Gasteiger partial charge in [0.05, 0.1) is 0 Å². The average Bonchev–Trinajstić information content (AvgIpc) is 2.07. The summed E-state index contributed by atoms with van der Waals surface area (Å²) in [5.41, 5.74) is 0.213. The molecule has 0 aromatic carbocycles. The minimum absolute atomic E-state index is 0.213. The van der Waals surface area contributed by atoms with Crippen molar-refractivity contribution in [2.24, 2.45) is 0 Å². The molecule has 1 aromatic rings. The number of carbonyl (C=O) groups excluding carboxylic acids is 1. The van der Waals surface area contributed by atoms with Gasteiger partial charge < -0.3 is 4.74 Å². The molecule has 0 saturated heterocycles. The van der Waals surface area contributed by atoms with E-state index in [1.807, 2.05) is 0 Å². The number of nitrogens with zero attached hydrogens (tertiary/aromatic N) is 1. The topological polar surface area (TPSA) is 39.2 Å². The van der Waals surface area contributed by atoms with Gasteiger partial charge in [-0.15, -0.1) is 0 Å². The molecule has 0 N–H and O–H groups in total. The lowest BCUT2D eigenvalue weighted by molar-refractivity contribution is 0.0685. The van der Waals surface area contributed by atoms with Gasteiger partial charge in [-0.1, -0.05) is 12.5 Å². The van der Waals surface area contributed by atoms with Crippen LogP contribution in [0.3, 0.4) is 0 Å². The van der Waals surface area contributed by atoms with Gasteiger partial charge in [0.25, 0.3) is 0 Å². The Morgan fingerprint density at radius 3 is 3.00 bits per heavy atom. The monoisotopic (exact) mass is 147 g/mol. The Hall–Kier alpha value is -1.82. The zero-order valence-corrected chi connectivity index (χ0v) is 5.65. The highest BCUT2D eigenvalue weighted by molar-refractivity contribution is 5.87. The molecule has 1 rings (SSSR count). The maximum absolute atomic E-state index is 10.8. The molecule has 0 spiro atoms. The second kappa shape index (κ2) is 3.37. The number of aromatic nitrogens is 1. The van der Waals surface area contributed by atoms with Crippen LogP contribution in [0.1, 0.15) is 10.5 Å². The number of hydrogen-bond acceptors (Lipinski definition) is 3. The first kappa shape index (κ1) is 7.29. The molecule has 3 heteroatoms. The molecular formula is C8H5NO2. The first-order chi connectivity index (χ1) is 5.34. The van der Waals surface area contributed by atoms with Gasteiger partial charge in [-0.05, 0) is 12.1 Å². The molecule has 0 radical (unpaired) electrons. The molecular weight excluding hydrogens is 142 g/mol. The summed E-state index contributed by atoms with van der Waals surface area (Å²) >= 11 is 0. The summed E-state index contributed by atoms with van der Waals surface area (Å²) in [6, 6.07) is 4.91. The summed E-state index contributed by atoms with van der Waals surface area (Å²) in [6.07, 6.45) is 8.02. The third-order valence-corrected chi connectivity index (χ3v) is 1.03. The zero-order valence-electron chi connectivity index (χ0n) is 5.65. The second-order valence-corrected chi connectivity index (χ2v) is 1.72. The highest BCUT2D eigenvalue weighted by atomic mass is 16.5. The summed E-state index contributed by atoms with van der Waals surface area (Å²) in [5.74, 6) is -0.604. The number of pyridine rings is 1. The number of esters is 1. The lowest BCUT2D eigenvalue weighted by atomic mass is 10.4. The fourth-order valence-electron chi connectivity index (χ4n) is 0.589. The molecule has 0 aliphatic carbocycles. The smallest absolute Gasteiger partial charge is 0.368 e. The molecule has 0 aliphatic heterocycles. The van der Waals surface area contributed by atoms with Crippen molar-refractivity contribution in [3.63, 3.8) is 0 Å². The number of terminal acetylenes is 1. The van der Waals surface area contributed by atoms with Crippen LogP contribution in [0, 0.1) is 12.5 Å². The predicted molar refractivity (Wildman–Crippen MR) is 38.5 cm³/mol. The highest BCUT2D eigenvalue weighted by Crippen LogP contribution is 1.94. The van der Waals surface area contributed by atoms with Gasteiger partial charge in [0, 0.05) is 6.20 Å². The molecule has 1 aromatic heterocycles. The van der Waals surface area contributed by atoms with Crippen LogP contribution in [0.5, 0.6) is 0 Å². The molecule has 1 heterocycles. The maximum Gasteiger partial charge on any atom is 0.370 e. The molecule has 0 fully saturated rings. The van der Waals surface area contributed by atoms with Crippen molar-refractivity contribution < 1.29 is 9.53 Å². The molecule has 3 nitrogen and oxygen atoms in total. The predicted octanol–water partition coefficient (Wildman–Crippen LogP) is 0.829. The Kier molecular flexibility index (Phi) is 2.24. The largest absolute Gasteiger partial charge is 0.370 e. The van der Waals surface area contributed by atoms with E-state index < -0.39 is 5.97 Å². The van der Waals surface area contributed by atoms with E-state index in [1.54, 1.807) is 18.2 Å². The van der Waals surface area contributed by atoms with Crippen LogP contribution in [0.4, 0.5) is 0 Å². The van der Waals surface area contributed by atoms with Crippen LogP contribution >= 0.6 is 0 Å². The Labute approximate surface area is 64.0 Å². The standard InChI is InChI=1S/C8H5NO2/c1-2-11-8(10)7-5-3-4-6-9-7/h1,3-6H. The van der Waals surface area contributed by atoms with Crippen LogP contribution in [0.25, 0.3) is 0 Å². The zero-order chi connectivity index (χ0) is 8.10. The van der Waals surface area contributed by atoms with E-state index >= 15 is 0 Å². The molecule has 0 saturated carbocycles. The van der Waals surface area contributed by atoms with Crippen LogP contribution in [0.15, 0.2) is 24.4 Å². The normalized spacial score (nSPS) is 8.27. The van der Waals surface area contributed by atoms with Gasteiger partial charge in [-0.25, -0.2) is 9.78 Å². The van der Waals surface area contributed by atoms with Gasteiger partial charge in [0.2, 0.25) is 0 Å². The molecule has 11 heavy (non-hydrogen) atoms. The van der Waals surface area contributed by atoms with Crippen molar-refractivity contribution >= 4 is 5.97 Å². The Morgan fingerprint density at radius 1 is 1.64 bits per heavy atom. The van der Waals surface area contributed by atoms with E-state index in [0.29, 0.717) is 0 Å². The van der Waals surface area contributed by atoms with Crippen LogP contribution in [-0.2, 0) is 4.74 Å². The third-order valence-electron chi connectivity index (χ3n) is 1.03. The van der Waals surface area contributed by atoms with E-state index in [1.165, 1.54) is 12.3 Å². The Balaban J connectivity index is 2.79. The SMILES string of the molecule is C#COC(=O)c1ccccn1. The van der Waals surface area contributed by atoms with Crippen molar-refractivity contribution in [1.29, 1.82) is 0 Å². The molecule has 0 aliphatic rings. The Bertz CT molecular complexity index is 287. The van der Waals surface area contributed by atoms with E-state index in [4.69, 9.17) is 6.42 Å². The lowest BCUT2D eigenvalue weighted by Crippen LogP contribution is -2.02. The molecule has 0 bridgehead atoms. The van der Waals surface area contributed by atoms with E-state index in [-0.39, 0.29) is 5.69 Å². The lowest BCUT2D eigenvalue weighted by Gasteiger charge is -1.92. The van der Waals surface area contributed by atoms with Crippen molar-refractivity contribution in [2.75, 3.05) is 0 Å². The average molecular weight is 147 g/mol. The molecule has 54 valence electrons. The van der Waals surface area contributed by atoms with Gasteiger partial charge in [-0.2, -0.15) is 0 Å². The fraction of sp³-hybridized carbons (Fsp3) is 0. The minimum atomic E-state index is -0.604. The minimum Gasteiger partial charge on any atom is -0.368 e. The van der Waals surface area contributed by atoms with Crippen LogP contribution < -0.4 is 0 Å². The summed E-state index contributed by atoms with van der Waals surface area (Å²) < 4.78 is 4.25. The first-order valence-corrected chi connectivity index (χ1v) is 2.92. The third kappa shape index (κ3) is 1.80. The first-order valence-electron chi connectivity index (χ1n) is 2.92. The second-order valence-electron chi connectivity index (χ2n) is 1.72. The molecule has 0 amide bonds. The fourth-order valence-corrected chi connectivity index (χ4v) is 0.589. The van der Waals surface area contributed by atoms with Crippen LogP contribution in [-0.4, -0.2) is 11.0 Å². The van der Waals surface area contributed by atoms with Gasteiger partial charge >= 0.3 is 5.97 Å². The molecule has 0 atom stereocenters. The summed E-state index contributed by atoms with van der Waals surface area (Å²) in [4.78, 5) is 14.5. The van der Waals surface area contributed by atoms with E-state index in [9.17, 15) is 4.79 Å². The quantitative estimate of drug-likeness (QED) is 0.436. The van der Waals surface area contributed by atoms with E-state index in [0.717, 1.165) is 0 Å². The Morgan fingerprint density at radius 2 is 2.45 bits per heavy atom. The van der Waals surface area contributed by atoms with E-state index in [2.05, 4.69) is 9.72 Å². The van der Waals surface area contributed by atoms with Crippen molar-refractivity contribution in [3.8, 4) is 12.5 Å². The number of rotatable bonds is 1. The van der Waals surface area contributed by atoms with Gasteiger partial charge in [0.15, 0.2) is 0 Å².